The summed E-state index contributed by atoms with van der Waals surface area (Å²) in [6, 6.07) is 2.20. The first-order valence-corrected chi connectivity index (χ1v) is 10.7. The molecule has 4 rings (SSSR count). The topological polar surface area (TPSA) is 50.5 Å². The van der Waals surface area contributed by atoms with Gasteiger partial charge >= 0.3 is 0 Å². The predicted octanol–water partition coefficient (Wildman–Crippen LogP) is 4.04. The lowest BCUT2D eigenvalue weighted by Crippen LogP contribution is -2.30. The highest BCUT2D eigenvalue weighted by molar-refractivity contribution is 7.20. The Morgan fingerprint density at radius 3 is 2.80 bits per heavy atom. The fraction of sp³-hybridized carbons (Fsp3) is 0.737. The summed E-state index contributed by atoms with van der Waals surface area (Å²) >= 11 is 1.57. The van der Waals surface area contributed by atoms with Gasteiger partial charge in [0.1, 0.15) is 0 Å². The number of hydrogen-bond acceptors (Lipinski definition) is 5. The van der Waals surface area contributed by atoms with Gasteiger partial charge in [-0.05, 0) is 38.0 Å². The monoisotopic (exact) mass is 360 g/mol. The van der Waals surface area contributed by atoms with Gasteiger partial charge < -0.3 is 4.90 Å². The first-order chi connectivity index (χ1) is 12.2. The molecular weight excluding hydrogens is 332 g/mol. The third kappa shape index (κ3) is 3.59. The average molecular weight is 361 g/mol. The summed E-state index contributed by atoms with van der Waals surface area (Å²) in [6.07, 6.45) is 13.0. The van der Waals surface area contributed by atoms with E-state index >= 15 is 0 Å². The van der Waals surface area contributed by atoms with Crippen molar-refractivity contribution in [1.82, 2.24) is 14.6 Å². The van der Waals surface area contributed by atoms with Gasteiger partial charge in [0.25, 0.3) is 5.56 Å². The highest BCUT2D eigenvalue weighted by Crippen LogP contribution is 2.34. The molecule has 0 radical (unpaired) electrons. The maximum absolute atomic E-state index is 12.2. The van der Waals surface area contributed by atoms with Crippen LogP contribution in [0.1, 0.15) is 70.4 Å². The zero-order chi connectivity index (χ0) is 17.2. The molecule has 1 aliphatic heterocycles. The number of rotatable bonds is 5. The molecule has 1 atom stereocenters. The highest BCUT2D eigenvalue weighted by Gasteiger charge is 2.28. The van der Waals surface area contributed by atoms with Crippen LogP contribution in [0.2, 0.25) is 0 Å². The molecule has 0 spiro atoms. The van der Waals surface area contributed by atoms with E-state index in [0.29, 0.717) is 6.04 Å². The minimum absolute atomic E-state index is 0.0534. The van der Waals surface area contributed by atoms with E-state index in [1.54, 1.807) is 17.4 Å². The molecule has 1 saturated carbocycles. The molecule has 1 unspecified atom stereocenters. The van der Waals surface area contributed by atoms with Crippen molar-refractivity contribution in [2.75, 3.05) is 11.4 Å². The van der Waals surface area contributed by atoms with Crippen molar-refractivity contribution in [3.63, 3.8) is 0 Å². The number of anilines is 1. The first-order valence-electron chi connectivity index (χ1n) is 9.91. The Morgan fingerprint density at radius 2 is 2.00 bits per heavy atom. The quantitative estimate of drug-likeness (QED) is 0.807. The minimum Gasteiger partial charge on any atom is -0.344 e. The summed E-state index contributed by atoms with van der Waals surface area (Å²) in [5.41, 5.74) is 0.803. The molecule has 2 aromatic heterocycles. The minimum atomic E-state index is -0.0534. The zero-order valence-corrected chi connectivity index (χ0v) is 15.9. The van der Waals surface area contributed by atoms with E-state index in [0.717, 1.165) is 34.7 Å². The van der Waals surface area contributed by atoms with Crippen LogP contribution in [0, 0.1) is 5.92 Å². The van der Waals surface area contributed by atoms with Gasteiger partial charge in [0.15, 0.2) is 0 Å². The summed E-state index contributed by atoms with van der Waals surface area (Å²) in [6.45, 7) is 3.09. The first kappa shape index (κ1) is 17.0. The summed E-state index contributed by atoms with van der Waals surface area (Å²) in [7, 11) is 0. The van der Waals surface area contributed by atoms with E-state index in [4.69, 9.17) is 0 Å². The van der Waals surface area contributed by atoms with Crippen LogP contribution < -0.4 is 10.5 Å². The normalized spacial score (nSPS) is 22.1. The predicted molar refractivity (Wildman–Crippen MR) is 103 cm³/mol. The van der Waals surface area contributed by atoms with Gasteiger partial charge in [0.05, 0.1) is 0 Å². The van der Waals surface area contributed by atoms with Crippen molar-refractivity contribution in [3.8, 4) is 0 Å². The van der Waals surface area contributed by atoms with E-state index in [1.807, 2.05) is 6.92 Å². The molecular formula is C19H28N4OS. The van der Waals surface area contributed by atoms with E-state index < -0.39 is 0 Å². The van der Waals surface area contributed by atoms with Crippen molar-refractivity contribution >= 4 is 21.4 Å². The van der Waals surface area contributed by atoms with Crippen LogP contribution in [0.3, 0.4) is 0 Å². The second kappa shape index (κ2) is 7.44. The van der Waals surface area contributed by atoms with Crippen molar-refractivity contribution in [3.05, 3.63) is 22.1 Å². The Labute approximate surface area is 153 Å². The van der Waals surface area contributed by atoms with Crippen LogP contribution in [-0.4, -0.2) is 27.2 Å². The van der Waals surface area contributed by atoms with E-state index in [1.165, 1.54) is 62.3 Å². The van der Waals surface area contributed by atoms with Crippen LogP contribution in [0.15, 0.2) is 10.9 Å². The van der Waals surface area contributed by atoms with Crippen molar-refractivity contribution in [2.24, 2.45) is 5.92 Å². The number of hydrogen-bond donors (Lipinski definition) is 0. The molecule has 2 aromatic rings. The summed E-state index contributed by atoms with van der Waals surface area (Å²) in [5, 5.41) is 5.58. The third-order valence-electron chi connectivity index (χ3n) is 5.91. The van der Waals surface area contributed by atoms with Crippen molar-refractivity contribution < 1.29 is 0 Å². The Bertz CT molecular complexity index is 777. The van der Waals surface area contributed by atoms with Gasteiger partial charge in [-0.2, -0.15) is 4.52 Å². The average Bonchev–Trinajstić information content (AvgIpc) is 3.27. The highest BCUT2D eigenvalue weighted by atomic mass is 32.1. The van der Waals surface area contributed by atoms with Crippen molar-refractivity contribution in [1.29, 1.82) is 0 Å². The molecule has 0 bridgehead atoms. The standard InChI is InChI=1S/C19H28N4OS/c1-2-15-13-17(24)23-18(20-15)25-19(21-23)22-12-6-9-16(22)11-10-14-7-4-3-5-8-14/h13-14,16H,2-12H2,1H3. The van der Waals surface area contributed by atoms with Crippen LogP contribution >= 0.6 is 11.3 Å². The third-order valence-corrected chi connectivity index (χ3v) is 6.85. The van der Waals surface area contributed by atoms with E-state index in [9.17, 15) is 4.79 Å². The lowest BCUT2D eigenvalue weighted by Gasteiger charge is -2.27. The molecule has 3 heterocycles. The van der Waals surface area contributed by atoms with Gasteiger partial charge in [0, 0.05) is 24.3 Å². The van der Waals surface area contributed by atoms with Crippen LogP contribution in [-0.2, 0) is 6.42 Å². The van der Waals surface area contributed by atoms with Crippen LogP contribution in [0.5, 0.6) is 0 Å². The number of aryl methyl sites for hydroxylation is 1. The molecule has 2 aliphatic rings. The Hall–Kier alpha value is -1.43. The van der Waals surface area contributed by atoms with E-state index in [-0.39, 0.29) is 5.56 Å². The smallest absolute Gasteiger partial charge is 0.275 e. The molecule has 0 N–H and O–H groups in total. The molecule has 6 heteroatoms. The zero-order valence-electron chi connectivity index (χ0n) is 15.1. The van der Waals surface area contributed by atoms with Crippen molar-refractivity contribution in [2.45, 2.75) is 77.2 Å². The summed E-state index contributed by atoms with van der Waals surface area (Å²) in [5.74, 6) is 0.933. The number of nitrogens with zero attached hydrogens (tertiary/aromatic N) is 4. The largest absolute Gasteiger partial charge is 0.344 e. The van der Waals surface area contributed by atoms with E-state index in [2.05, 4.69) is 15.0 Å². The Kier molecular flexibility index (Phi) is 5.06. The Morgan fingerprint density at radius 1 is 1.16 bits per heavy atom. The summed E-state index contributed by atoms with van der Waals surface area (Å²) < 4.78 is 1.48. The second-order valence-electron chi connectivity index (χ2n) is 7.59. The second-order valence-corrected chi connectivity index (χ2v) is 8.52. The van der Waals surface area contributed by atoms with Gasteiger partial charge in [-0.25, -0.2) is 4.98 Å². The van der Waals surface area contributed by atoms with Gasteiger partial charge in [-0.15, -0.1) is 5.10 Å². The molecule has 0 amide bonds. The lowest BCUT2D eigenvalue weighted by molar-refractivity contribution is 0.323. The number of aromatic nitrogens is 3. The lowest BCUT2D eigenvalue weighted by atomic mass is 9.85. The molecule has 136 valence electrons. The SMILES string of the molecule is CCc1cc(=O)n2nc(N3CCCC3CCC3CCCCC3)sc2n1. The Balaban J connectivity index is 1.50. The van der Waals surface area contributed by atoms with Crippen LogP contribution in [0.25, 0.3) is 4.96 Å². The molecule has 0 aromatic carbocycles. The maximum Gasteiger partial charge on any atom is 0.275 e. The summed E-state index contributed by atoms with van der Waals surface area (Å²) in [4.78, 5) is 20.0. The fourth-order valence-electron chi connectivity index (χ4n) is 4.43. The van der Waals surface area contributed by atoms with Gasteiger partial charge in [0.2, 0.25) is 10.1 Å². The maximum atomic E-state index is 12.2. The van der Waals surface area contributed by atoms with Gasteiger partial charge in [-0.3, -0.25) is 4.79 Å². The van der Waals surface area contributed by atoms with Crippen LogP contribution in [0.4, 0.5) is 5.13 Å². The molecule has 5 nitrogen and oxygen atoms in total. The number of fused-ring (bicyclic) bond motifs is 1. The van der Waals surface area contributed by atoms with Gasteiger partial charge in [-0.1, -0.05) is 50.4 Å². The molecule has 1 aliphatic carbocycles. The molecule has 1 saturated heterocycles. The molecule has 2 fully saturated rings. The molecule has 25 heavy (non-hydrogen) atoms. The fourth-order valence-corrected chi connectivity index (χ4v) is 5.46.